The van der Waals surface area contributed by atoms with Crippen molar-refractivity contribution in [3.8, 4) is 17.1 Å². The van der Waals surface area contributed by atoms with Gasteiger partial charge in [0.05, 0.1) is 29.5 Å². The molecule has 26 heavy (non-hydrogen) atoms. The highest BCUT2D eigenvalue weighted by Crippen LogP contribution is 2.38. The number of methoxy groups -OCH3 is 1. The number of carbonyl (C=O) groups excluding carboxylic acids is 2. The first-order chi connectivity index (χ1) is 12.7. The van der Waals surface area contributed by atoms with E-state index in [1.165, 1.54) is 7.11 Å². The minimum absolute atomic E-state index is 0.120. The van der Waals surface area contributed by atoms with Crippen LogP contribution >= 0.6 is 0 Å². The number of amides is 1. The SMILES string of the molecule is COC(=O)c1ccccc1NC(=O)c1noc2c1COc1ccccc1-2. The minimum atomic E-state index is -0.541. The van der Waals surface area contributed by atoms with Crippen LogP contribution in [0.25, 0.3) is 11.3 Å². The summed E-state index contributed by atoms with van der Waals surface area (Å²) in [5.41, 5.74) is 2.02. The van der Waals surface area contributed by atoms with E-state index in [9.17, 15) is 9.59 Å². The van der Waals surface area contributed by atoms with Crippen LogP contribution in [0.2, 0.25) is 0 Å². The molecule has 0 spiro atoms. The number of ether oxygens (including phenoxy) is 2. The molecular weight excluding hydrogens is 336 g/mol. The summed E-state index contributed by atoms with van der Waals surface area (Å²) < 4.78 is 15.8. The summed E-state index contributed by atoms with van der Waals surface area (Å²) >= 11 is 0. The Hall–Kier alpha value is -3.61. The highest BCUT2D eigenvalue weighted by Gasteiger charge is 2.29. The van der Waals surface area contributed by atoms with Crippen LogP contribution in [-0.2, 0) is 11.3 Å². The molecule has 3 aromatic rings. The Morgan fingerprint density at radius 2 is 1.88 bits per heavy atom. The van der Waals surface area contributed by atoms with E-state index in [1.54, 1.807) is 24.3 Å². The lowest BCUT2D eigenvalue weighted by Crippen LogP contribution is -2.18. The second-order valence-corrected chi connectivity index (χ2v) is 5.61. The third-order valence-corrected chi connectivity index (χ3v) is 4.09. The maximum absolute atomic E-state index is 12.7. The van der Waals surface area contributed by atoms with Crippen molar-refractivity contribution < 1.29 is 23.6 Å². The summed E-state index contributed by atoms with van der Waals surface area (Å²) in [6.45, 7) is 0.178. The fourth-order valence-electron chi connectivity index (χ4n) is 2.82. The maximum atomic E-state index is 12.7. The summed E-state index contributed by atoms with van der Waals surface area (Å²) in [5.74, 6) is 0.159. The third kappa shape index (κ3) is 2.59. The number of benzene rings is 2. The summed E-state index contributed by atoms with van der Waals surface area (Å²) in [6.07, 6.45) is 0. The van der Waals surface area contributed by atoms with Crippen LogP contribution in [0.3, 0.4) is 0 Å². The molecule has 0 bridgehead atoms. The molecule has 130 valence electrons. The van der Waals surface area contributed by atoms with Crippen molar-refractivity contribution in [1.82, 2.24) is 5.16 Å². The lowest BCUT2D eigenvalue weighted by Gasteiger charge is -2.16. The number of anilines is 1. The van der Waals surface area contributed by atoms with Gasteiger partial charge in [-0.2, -0.15) is 0 Å². The minimum Gasteiger partial charge on any atom is -0.488 e. The molecule has 1 aliphatic heterocycles. The zero-order valence-corrected chi connectivity index (χ0v) is 13.8. The summed E-state index contributed by atoms with van der Waals surface area (Å²) in [7, 11) is 1.28. The van der Waals surface area contributed by atoms with Gasteiger partial charge in [0.2, 0.25) is 0 Å². The second-order valence-electron chi connectivity index (χ2n) is 5.61. The van der Waals surface area contributed by atoms with E-state index in [2.05, 4.69) is 10.5 Å². The standard InChI is InChI=1S/C19H14N2O5/c1-24-19(23)11-6-2-4-8-14(11)20-18(22)16-13-10-25-15-9-5-3-7-12(15)17(13)26-21-16/h2-9H,10H2,1H3,(H,20,22). The average Bonchev–Trinajstić information content (AvgIpc) is 3.12. The van der Waals surface area contributed by atoms with Crippen LogP contribution in [0.1, 0.15) is 26.4 Å². The van der Waals surface area contributed by atoms with Crippen LogP contribution in [0.5, 0.6) is 5.75 Å². The quantitative estimate of drug-likeness (QED) is 0.729. The fraction of sp³-hybridized carbons (Fsp3) is 0.105. The Morgan fingerprint density at radius 3 is 2.73 bits per heavy atom. The number of rotatable bonds is 3. The molecule has 0 radical (unpaired) electrons. The Labute approximate surface area is 148 Å². The predicted molar refractivity (Wildman–Crippen MR) is 92.0 cm³/mol. The molecule has 2 aromatic carbocycles. The molecule has 0 fully saturated rings. The van der Waals surface area contributed by atoms with Gasteiger partial charge in [0.25, 0.3) is 5.91 Å². The van der Waals surface area contributed by atoms with Crippen LogP contribution < -0.4 is 10.1 Å². The second kappa shape index (κ2) is 6.36. The van der Waals surface area contributed by atoms with Gasteiger partial charge in [-0.1, -0.05) is 29.4 Å². The number of nitrogens with zero attached hydrogens (tertiary/aromatic N) is 1. The number of hydrogen-bond donors (Lipinski definition) is 1. The van der Waals surface area contributed by atoms with Gasteiger partial charge in [0.15, 0.2) is 11.5 Å². The van der Waals surface area contributed by atoms with Crippen LogP contribution in [0.15, 0.2) is 53.1 Å². The lowest BCUT2D eigenvalue weighted by molar-refractivity contribution is 0.0602. The molecule has 0 aliphatic carbocycles. The van der Waals surface area contributed by atoms with Crippen LogP contribution in [-0.4, -0.2) is 24.1 Å². The molecule has 1 amide bonds. The van der Waals surface area contributed by atoms with Crippen molar-refractivity contribution in [2.75, 3.05) is 12.4 Å². The van der Waals surface area contributed by atoms with Crippen molar-refractivity contribution in [3.05, 3.63) is 65.4 Å². The number of aromatic nitrogens is 1. The Kier molecular flexibility index (Phi) is 3.89. The highest BCUT2D eigenvalue weighted by atomic mass is 16.5. The molecule has 0 saturated carbocycles. The Bertz CT molecular complexity index is 1010. The fourth-order valence-corrected chi connectivity index (χ4v) is 2.82. The Morgan fingerprint density at radius 1 is 1.12 bits per heavy atom. The lowest BCUT2D eigenvalue weighted by atomic mass is 10.0. The number of nitrogens with one attached hydrogen (secondary N) is 1. The van der Waals surface area contributed by atoms with Gasteiger partial charge in [0, 0.05) is 0 Å². The highest BCUT2D eigenvalue weighted by molar-refractivity contribution is 6.08. The van der Waals surface area contributed by atoms with Gasteiger partial charge < -0.3 is 19.3 Å². The van der Waals surface area contributed by atoms with Crippen molar-refractivity contribution in [1.29, 1.82) is 0 Å². The number of fused-ring (bicyclic) bond motifs is 3. The van der Waals surface area contributed by atoms with E-state index < -0.39 is 11.9 Å². The monoisotopic (exact) mass is 350 g/mol. The van der Waals surface area contributed by atoms with Crippen molar-refractivity contribution in [2.45, 2.75) is 6.61 Å². The number of para-hydroxylation sites is 2. The first-order valence-electron chi connectivity index (χ1n) is 7.88. The first kappa shape index (κ1) is 15.9. The molecule has 4 rings (SSSR count). The number of carbonyl (C=O) groups is 2. The molecule has 7 nitrogen and oxygen atoms in total. The molecule has 1 N–H and O–H groups in total. The largest absolute Gasteiger partial charge is 0.488 e. The smallest absolute Gasteiger partial charge is 0.339 e. The average molecular weight is 350 g/mol. The molecule has 0 unspecified atom stereocenters. The first-order valence-corrected chi connectivity index (χ1v) is 7.88. The molecule has 7 heteroatoms. The number of esters is 1. The van der Waals surface area contributed by atoms with E-state index in [1.807, 2.05) is 24.3 Å². The normalized spacial score (nSPS) is 11.7. The predicted octanol–water partition coefficient (Wildman–Crippen LogP) is 3.27. The van der Waals surface area contributed by atoms with Gasteiger partial charge in [-0.25, -0.2) is 4.79 Å². The molecule has 0 atom stereocenters. The number of hydrogen-bond acceptors (Lipinski definition) is 6. The van der Waals surface area contributed by atoms with Gasteiger partial charge in [0.1, 0.15) is 12.4 Å². The van der Waals surface area contributed by atoms with Crippen molar-refractivity contribution in [3.63, 3.8) is 0 Å². The summed E-state index contributed by atoms with van der Waals surface area (Å²) in [6, 6.07) is 14.0. The van der Waals surface area contributed by atoms with Crippen LogP contribution in [0, 0.1) is 0 Å². The molecule has 2 heterocycles. The van der Waals surface area contributed by atoms with E-state index >= 15 is 0 Å². The van der Waals surface area contributed by atoms with Crippen LogP contribution in [0.4, 0.5) is 5.69 Å². The van der Waals surface area contributed by atoms with Gasteiger partial charge in [-0.05, 0) is 24.3 Å². The Balaban J connectivity index is 1.66. The third-order valence-electron chi connectivity index (χ3n) is 4.09. The molecule has 0 saturated heterocycles. The molecule has 1 aromatic heterocycles. The van der Waals surface area contributed by atoms with Gasteiger partial charge in [-0.15, -0.1) is 0 Å². The van der Waals surface area contributed by atoms with E-state index in [0.717, 1.165) is 5.56 Å². The zero-order chi connectivity index (χ0) is 18.1. The van der Waals surface area contributed by atoms with Crippen molar-refractivity contribution in [2.24, 2.45) is 0 Å². The topological polar surface area (TPSA) is 90.7 Å². The van der Waals surface area contributed by atoms with Crippen molar-refractivity contribution >= 4 is 17.6 Å². The van der Waals surface area contributed by atoms with E-state index in [-0.39, 0.29) is 17.9 Å². The molecule has 1 aliphatic rings. The van der Waals surface area contributed by atoms with E-state index in [4.69, 9.17) is 14.0 Å². The van der Waals surface area contributed by atoms with E-state index in [0.29, 0.717) is 22.8 Å². The zero-order valence-electron chi connectivity index (χ0n) is 13.8. The maximum Gasteiger partial charge on any atom is 0.339 e. The van der Waals surface area contributed by atoms with Gasteiger partial charge >= 0.3 is 5.97 Å². The van der Waals surface area contributed by atoms with Gasteiger partial charge in [-0.3, -0.25) is 4.79 Å². The summed E-state index contributed by atoms with van der Waals surface area (Å²) in [5, 5.41) is 6.59. The summed E-state index contributed by atoms with van der Waals surface area (Å²) in [4.78, 5) is 24.5. The molecular formula is C19H14N2O5.